The first-order valence-corrected chi connectivity index (χ1v) is 17.4. The Morgan fingerprint density at radius 3 is 2.22 bits per heavy atom. The zero-order valence-corrected chi connectivity index (χ0v) is 28.3. The van der Waals surface area contributed by atoms with Gasteiger partial charge in [0.25, 0.3) is 0 Å². The molecule has 45 heavy (non-hydrogen) atoms. The predicted octanol–water partition coefficient (Wildman–Crippen LogP) is 4.03. The number of fused-ring (bicyclic) bond motifs is 7. The number of hydrogen-bond donors (Lipinski definition) is 6. The number of allylic oxidation sites excluding steroid dienone is 2. The first kappa shape index (κ1) is 33.8. The van der Waals surface area contributed by atoms with Gasteiger partial charge in [-0.1, -0.05) is 60.1 Å². The third-order valence-electron chi connectivity index (χ3n) is 15.2. The lowest BCUT2D eigenvalue weighted by molar-refractivity contribution is -0.330. The van der Waals surface area contributed by atoms with E-state index in [9.17, 15) is 35.4 Å². The van der Waals surface area contributed by atoms with Crippen LogP contribution >= 0.6 is 0 Å². The number of rotatable bonds is 4. The van der Waals surface area contributed by atoms with Crippen LogP contribution in [0.4, 0.5) is 0 Å². The summed E-state index contributed by atoms with van der Waals surface area (Å²) in [6.45, 7) is 15.6. The topological polar surface area (TPSA) is 157 Å². The van der Waals surface area contributed by atoms with Crippen LogP contribution in [0.2, 0.25) is 0 Å². The number of hydrogen-bond acceptors (Lipinski definition) is 8. The Labute approximate surface area is 268 Å². The van der Waals surface area contributed by atoms with E-state index < -0.39 is 54.8 Å². The van der Waals surface area contributed by atoms with Gasteiger partial charge < -0.3 is 40.1 Å². The maximum atomic E-state index is 13.0. The van der Waals surface area contributed by atoms with Crippen LogP contribution < -0.4 is 0 Å². The second-order valence-corrected chi connectivity index (χ2v) is 18.0. The number of aliphatic hydroxyl groups is 5. The van der Waals surface area contributed by atoms with E-state index in [0.717, 1.165) is 44.9 Å². The largest absolute Gasteiger partial charge is 0.481 e. The molecule has 9 heteroatoms. The smallest absolute Gasteiger partial charge is 0.312 e. The van der Waals surface area contributed by atoms with Crippen LogP contribution in [0.25, 0.3) is 0 Å². The molecule has 6 N–H and O–H groups in total. The Bertz CT molecular complexity index is 1210. The van der Waals surface area contributed by atoms with E-state index in [1.165, 1.54) is 5.57 Å². The SMILES string of the molecule is CC1(C)CC[C@]2(C(=O)O)[C@H](O)C[C@]3(C)C(=CC[C@@H]4[C@@]5(C)CC[C@H](O[C@H]6O[C@@H](CO)[C@H](O)[C@@H](O)[C@@H]6O)C(C)(C)[C@@H]5CC[C@]43C)[C@H]2C1. The normalized spacial score (nSPS) is 53.6. The highest BCUT2D eigenvalue weighted by Gasteiger charge is 2.71. The fourth-order valence-electron chi connectivity index (χ4n) is 12.3. The van der Waals surface area contributed by atoms with Crippen LogP contribution in [0.5, 0.6) is 0 Å². The summed E-state index contributed by atoms with van der Waals surface area (Å²) < 4.78 is 12.2. The molecule has 1 heterocycles. The number of carboxylic acids is 1. The third-order valence-corrected chi connectivity index (χ3v) is 15.2. The third kappa shape index (κ3) is 4.54. The summed E-state index contributed by atoms with van der Waals surface area (Å²) in [5.41, 5.74) is -0.571. The molecule has 5 aliphatic carbocycles. The van der Waals surface area contributed by atoms with Gasteiger partial charge >= 0.3 is 5.97 Å². The minimum atomic E-state index is -1.47. The van der Waals surface area contributed by atoms with E-state index in [1.807, 2.05) is 0 Å². The van der Waals surface area contributed by atoms with Crippen molar-refractivity contribution < 1.29 is 44.9 Å². The number of ether oxygens (including phenoxy) is 2. The summed E-state index contributed by atoms with van der Waals surface area (Å²) in [6.07, 6.45) is 1.79. The van der Waals surface area contributed by atoms with Crippen molar-refractivity contribution in [1.29, 1.82) is 0 Å². The van der Waals surface area contributed by atoms with Gasteiger partial charge in [-0.25, -0.2) is 0 Å². The molecule has 9 nitrogen and oxygen atoms in total. The van der Waals surface area contributed by atoms with Crippen LogP contribution in [0.15, 0.2) is 11.6 Å². The molecule has 0 aromatic carbocycles. The molecular formula is C36H58O9. The molecule has 5 fully saturated rings. The minimum Gasteiger partial charge on any atom is -0.481 e. The molecule has 0 amide bonds. The van der Waals surface area contributed by atoms with Crippen LogP contribution in [0, 0.1) is 50.2 Å². The van der Waals surface area contributed by atoms with Crippen molar-refractivity contribution in [2.24, 2.45) is 50.2 Å². The van der Waals surface area contributed by atoms with Gasteiger partial charge in [-0.2, -0.15) is 0 Å². The lowest BCUT2D eigenvalue weighted by Crippen LogP contribution is -2.68. The predicted molar refractivity (Wildman–Crippen MR) is 167 cm³/mol. The number of aliphatic carboxylic acids is 1. The standard InChI is InChI=1S/C36H58O9/c1-31(2)14-15-36(30(42)43)20(16-31)19-8-9-23-33(5)12-11-25(45-29-28(41)27(40)26(39)21(18-37)44-29)32(3,4)22(33)10-13-34(23,6)35(19,7)17-24(36)38/h8,20-29,37-41H,9-18H2,1-7H3,(H,42,43)/t20-,21+,22+,23-,24-,25+,26+,27-,28+,29-,33+,34-,35-,36-/m1/s1. The van der Waals surface area contributed by atoms with Gasteiger partial charge in [-0.05, 0) is 103 Å². The molecule has 0 bridgehead atoms. The summed E-state index contributed by atoms with van der Waals surface area (Å²) in [7, 11) is 0. The average molecular weight is 635 g/mol. The van der Waals surface area contributed by atoms with Crippen molar-refractivity contribution in [2.75, 3.05) is 6.61 Å². The molecule has 14 atom stereocenters. The second-order valence-electron chi connectivity index (χ2n) is 18.0. The van der Waals surface area contributed by atoms with Crippen molar-refractivity contribution in [3.05, 3.63) is 11.6 Å². The summed E-state index contributed by atoms with van der Waals surface area (Å²) >= 11 is 0. The van der Waals surface area contributed by atoms with Crippen LogP contribution in [0.1, 0.15) is 106 Å². The molecule has 256 valence electrons. The first-order valence-electron chi connectivity index (χ1n) is 17.4. The van der Waals surface area contributed by atoms with E-state index in [-0.39, 0.29) is 39.1 Å². The van der Waals surface area contributed by atoms with E-state index in [0.29, 0.717) is 24.7 Å². The molecule has 0 aromatic rings. The summed E-state index contributed by atoms with van der Waals surface area (Å²) in [5, 5.41) is 63.5. The molecule has 6 aliphatic rings. The van der Waals surface area contributed by atoms with Crippen molar-refractivity contribution >= 4 is 5.97 Å². The molecule has 0 aromatic heterocycles. The fourth-order valence-corrected chi connectivity index (χ4v) is 12.3. The van der Waals surface area contributed by atoms with Crippen molar-refractivity contribution in [3.63, 3.8) is 0 Å². The van der Waals surface area contributed by atoms with Gasteiger partial charge in [0.15, 0.2) is 6.29 Å². The quantitative estimate of drug-likeness (QED) is 0.199. The zero-order valence-electron chi connectivity index (χ0n) is 28.3. The van der Waals surface area contributed by atoms with E-state index in [4.69, 9.17) is 9.47 Å². The van der Waals surface area contributed by atoms with Gasteiger partial charge in [-0.15, -0.1) is 0 Å². The van der Waals surface area contributed by atoms with Gasteiger partial charge in [0.2, 0.25) is 0 Å². The number of carbonyl (C=O) groups is 1. The molecule has 4 saturated carbocycles. The Morgan fingerprint density at radius 1 is 0.889 bits per heavy atom. The molecule has 0 unspecified atom stereocenters. The van der Waals surface area contributed by atoms with Gasteiger partial charge in [0, 0.05) is 0 Å². The highest BCUT2D eigenvalue weighted by atomic mass is 16.7. The Balaban J connectivity index is 1.31. The van der Waals surface area contributed by atoms with E-state index in [2.05, 4.69) is 54.5 Å². The van der Waals surface area contributed by atoms with Crippen molar-refractivity contribution in [1.82, 2.24) is 0 Å². The Kier molecular flexibility index (Phi) is 8.05. The summed E-state index contributed by atoms with van der Waals surface area (Å²) in [4.78, 5) is 13.0. The van der Waals surface area contributed by atoms with Gasteiger partial charge in [0.1, 0.15) is 29.8 Å². The number of carboxylic acid groups (broad SMARTS) is 1. The Hall–Kier alpha value is -1.07. The first-order chi connectivity index (χ1) is 20.8. The molecule has 0 spiro atoms. The lowest BCUT2D eigenvalue weighted by Gasteiger charge is -2.71. The maximum Gasteiger partial charge on any atom is 0.312 e. The minimum absolute atomic E-state index is 0.0210. The molecule has 6 rings (SSSR count). The lowest BCUT2D eigenvalue weighted by atomic mass is 9.33. The van der Waals surface area contributed by atoms with Crippen molar-refractivity contribution in [2.45, 2.75) is 149 Å². The highest BCUT2D eigenvalue weighted by Crippen LogP contribution is 2.76. The highest BCUT2D eigenvalue weighted by molar-refractivity contribution is 5.77. The molecule has 0 radical (unpaired) electrons. The summed E-state index contributed by atoms with van der Waals surface area (Å²) in [6, 6.07) is 0. The van der Waals surface area contributed by atoms with Gasteiger partial charge in [0.05, 0.1) is 18.8 Å². The van der Waals surface area contributed by atoms with E-state index >= 15 is 0 Å². The molecule has 1 saturated heterocycles. The maximum absolute atomic E-state index is 13.0. The summed E-state index contributed by atoms with van der Waals surface area (Å²) in [5.74, 6) is -0.382. The van der Waals surface area contributed by atoms with Gasteiger partial charge in [-0.3, -0.25) is 4.79 Å². The Morgan fingerprint density at radius 2 is 1.58 bits per heavy atom. The van der Waals surface area contributed by atoms with E-state index in [1.54, 1.807) is 0 Å². The number of aliphatic hydroxyl groups excluding tert-OH is 5. The second kappa shape index (κ2) is 10.7. The van der Waals surface area contributed by atoms with Crippen LogP contribution in [0.3, 0.4) is 0 Å². The average Bonchev–Trinajstić information content (AvgIpc) is 2.94. The monoisotopic (exact) mass is 634 g/mol. The molecular weight excluding hydrogens is 576 g/mol. The van der Waals surface area contributed by atoms with Crippen LogP contribution in [-0.2, 0) is 14.3 Å². The van der Waals surface area contributed by atoms with Crippen molar-refractivity contribution in [3.8, 4) is 0 Å². The molecule has 1 aliphatic heterocycles. The zero-order chi connectivity index (χ0) is 33.1. The van der Waals surface area contributed by atoms with Crippen LogP contribution in [-0.4, -0.2) is 86.1 Å². The fraction of sp³-hybridized carbons (Fsp3) is 0.917.